The van der Waals surface area contributed by atoms with E-state index in [0.717, 1.165) is 11.3 Å². The van der Waals surface area contributed by atoms with E-state index < -0.39 is 29.2 Å². The number of aromatic nitrogens is 5. The molecule has 3 aromatic heterocycles. The number of ether oxygens (including phenoxy) is 1. The highest BCUT2D eigenvalue weighted by Gasteiger charge is 2.54. The summed E-state index contributed by atoms with van der Waals surface area (Å²) in [6.07, 6.45) is 0. The van der Waals surface area contributed by atoms with Crippen molar-refractivity contribution in [1.29, 1.82) is 0 Å². The Morgan fingerprint density at radius 3 is 2.84 bits per heavy atom. The fourth-order valence-electron chi connectivity index (χ4n) is 3.80. The number of thioether (sulfide) groups is 2. The van der Waals surface area contributed by atoms with Crippen molar-refractivity contribution in [1.82, 2.24) is 35.0 Å². The zero-order valence-corrected chi connectivity index (χ0v) is 22.2. The number of nitrogens with zero attached hydrogens (tertiary/aromatic N) is 7. The van der Waals surface area contributed by atoms with Crippen molar-refractivity contribution >= 4 is 69.1 Å². The average Bonchev–Trinajstić information content (AvgIpc) is 3.53. The van der Waals surface area contributed by atoms with E-state index in [9.17, 15) is 19.5 Å². The minimum absolute atomic E-state index is 0.117. The fourth-order valence-corrected chi connectivity index (χ4v) is 6.72. The summed E-state index contributed by atoms with van der Waals surface area (Å²) in [7, 11) is 2.76. The van der Waals surface area contributed by atoms with Crippen LogP contribution >= 0.6 is 34.9 Å². The third-order valence-corrected chi connectivity index (χ3v) is 8.51. The molecule has 1 fully saturated rings. The van der Waals surface area contributed by atoms with Gasteiger partial charge in [-0.05, 0) is 11.6 Å². The molecule has 15 nitrogen and oxygen atoms in total. The Morgan fingerprint density at radius 1 is 1.34 bits per heavy atom. The standard InChI is InChI=1S/C20H19N9O6S3/c1-34-11-4-3-10-24-25-20(29(10)26-11)38-6-8-5-36-17-13(16(31)28(17)14(8)18(32)33)23-15(30)12(27-35-2)9-7-37-19(21)22-9/h3-4,7,13,17H,5-6H2,1-2H3,(H2,21,22)(H,23,30)(H,32,33)/b27-12-/t13-,17+/m1/s1. The first-order valence-electron chi connectivity index (χ1n) is 10.7. The summed E-state index contributed by atoms with van der Waals surface area (Å²) in [5.41, 5.74) is 6.62. The lowest BCUT2D eigenvalue weighted by molar-refractivity contribution is -0.150. The topological polar surface area (TPSA) is 200 Å². The number of carbonyl (C=O) groups is 3. The number of methoxy groups -OCH3 is 1. The number of nitrogens with two attached hydrogens (primary N) is 1. The number of carbonyl (C=O) groups excluding carboxylic acids is 2. The van der Waals surface area contributed by atoms with E-state index in [4.69, 9.17) is 15.3 Å². The van der Waals surface area contributed by atoms with Gasteiger partial charge < -0.3 is 25.7 Å². The molecule has 2 amide bonds. The monoisotopic (exact) mass is 577 g/mol. The number of carboxylic acids is 1. The van der Waals surface area contributed by atoms with E-state index >= 15 is 0 Å². The number of anilines is 1. The summed E-state index contributed by atoms with van der Waals surface area (Å²) in [5.74, 6) is -1.56. The normalized spacial score (nSPS) is 19.3. The number of nitrogen functional groups attached to an aromatic ring is 1. The number of amides is 2. The fraction of sp³-hybridized carbons (Fsp3) is 0.300. The first kappa shape index (κ1) is 25.7. The summed E-state index contributed by atoms with van der Waals surface area (Å²) in [5, 5.41) is 30.3. The van der Waals surface area contributed by atoms with Gasteiger partial charge in [-0.1, -0.05) is 16.9 Å². The van der Waals surface area contributed by atoms with Gasteiger partial charge in [0.05, 0.1) is 7.11 Å². The van der Waals surface area contributed by atoms with Gasteiger partial charge in [-0.15, -0.1) is 38.4 Å². The Kier molecular flexibility index (Phi) is 7.09. The lowest BCUT2D eigenvalue weighted by atomic mass is 10.0. The second-order valence-electron chi connectivity index (χ2n) is 7.73. The van der Waals surface area contributed by atoms with Crippen LogP contribution in [0.25, 0.3) is 5.65 Å². The van der Waals surface area contributed by atoms with Crippen molar-refractivity contribution in [2.45, 2.75) is 16.6 Å². The van der Waals surface area contributed by atoms with Gasteiger partial charge in [-0.2, -0.15) is 4.52 Å². The number of hydrogen-bond donors (Lipinski definition) is 3. The Bertz CT molecular complexity index is 1500. The molecule has 0 saturated carbocycles. The van der Waals surface area contributed by atoms with Crippen molar-refractivity contribution in [3.63, 3.8) is 0 Å². The smallest absolute Gasteiger partial charge is 0.352 e. The van der Waals surface area contributed by atoms with Crippen molar-refractivity contribution in [3.05, 3.63) is 34.5 Å². The molecule has 198 valence electrons. The highest BCUT2D eigenvalue weighted by atomic mass is 32.2. The van der Waals surface area contributed by atoms with Crippen LogP contribution in [-0.4, -0.2) is 95.4 Å². The van der Waals surface area contributed by atoms with Crippen LogP contribution in [0.1, 0.15) is 5.69 Å². The zero-order chi connectivity index (χ0) is 27.0. The lowest BCUT2D eigenvalue weighted by Crippen LogP contribution is -2.71. The Balaban J connectivity index is 1.32. The Hall–Kier alpha value is -3.90. The van der Waals surface area contributed by atoms with Crippen LogP contribution in [-0.2, 0) is 19.2 Å². The van der Waals surface area contributed by atoms with Crippen LogP contribution in [0.15, 0.2) is 39.1 Å². The number of aliphatic carboxylic acids is 1. The highest BCUT2D eigenvalue weighted by molar-refractivity contribution is 8.01. The van der Waals surface area contributed by atoms with Crippen LogP contribution in [0, 0.1) is 0 Å². The molecule has 5 rings (SSSR count). The summed E-state index contributed by atoms with van der Waals surface area (Å²) >= 11 is 3.70. The summed E-state index contributed by atoms with van der Waals surface area (Å²) in [6.45, 7) is 0. The molecule has 3 aromatic rings. The van der Waals surface area contributed by atoms with Crippen LogP contribution < -0.4 is 15.8 Å². The molecule has 2 aliphatic rings. The quantitative estimate of drug-likeness (QED) is 0.133. The van der Waals surface area contributed by atoms with E-state index in [1.165, 1.54) is 52.5 Å². The minimum atomic E-state index is -1.24. The number of carboxylic acid groups (broad SMARTS) is 1. The summed E-state index contributed by atoms with van der Waals surface area (Å²) in [6, 6.07) is 2.40. The van der Waals surface area contributed by atoms with Crippen molar-refractivity contribution in [2.24, 2.45) is 5.16 Å². The lowest BCUT2D eigenvalue weighted by Gasteiger charge is -2.49. The molecule has 2 atom stereocenters. The molecule has 0 unspecified atom stereocenters. The van der Waals surface area contributed by atoms with E-state index in [1.54, 1.807) is 12.1 Å². The molecule has 0 aliphatic carbocycles. The van der Waals surface area contributed by atoms with Gasteiger partial charge >= 0.3 is 5.97 Å². The van der Waals surface area contributed by atoms with Crippen molar-refractivity contribution in [3.8, 4) is 5.88 Å². The Labute approximate surface area is 226 Å². The molecule has 38 heavy (non-hydrogen) atoms. The predicted molar refractivity (Wildman–Crippen MR) is 138 cm³/mol. The Morgan fingerprint density at radius 2 is 2.16 bits per heavy atom. The molecule has 0 spiro atoms. The number of nitrogens with one attached hydrogen (secondary N) is 1. The van der Waals surface area contributed by atoms with Gasteiger partial charge in [0.25, 0.3) is 11.8 Å². The van der Waals surface area contributed by atoms with Gasteiger partial charge in [0.1, 0.15) is 29.9 Å². The number of β-lactam (4-membered cyclic amide) rings is 1. The molecule has 4 N–H and O–H groups in total. The molecule has 2 aliphatic heterocycles. The molecule has 5 heterocycles. The number of oxime groups is 1. The molecular formula is C20H19N9O6S3. The second kappa shape index (κ2) is 10.5. The first-order chi connectivity index (χ1) is 18.3. The predicted octanol–water partition coefficient (Wildman–Crippen LogP) is 0.0530. The third-order valence-electron chi connectivity index (χ3n) is 5.49. The number of thiazole rings is 1. The maximum Gasteiger partial charge on any atom is 0.352 e. The molecule has 0 bridgehead atoms. The molecule has 0 aromatic carbocycles. The average molecular weight is 578 g/mol. The number of rotatable bonds is 9. The van der Waals surface area contributed by atoms with Crippen molar-refractivity contribution < 1.29 is 29.1 Å². The molecular weight excluding hydrogens is 558 g/mol. The maximum absolute atomic E-state index is 13.0. The van der Waals surface area contributed by atoms with Gasteiger partial charge in [0.2, 0.25) is 11.0 Å². The van der Waals surface area contributed by atoms with E-state index in [1.807, 2.05) is 0 Å². The van der Waals surface area contributed by atoms with Crippen LogP contribution in [0.2, 0.25) is 0 Å². The minimum Gasteiger partial charge on any atom is -0.480 e. The SMILES string of the molecule is CO/N=C(\C(=O)N[C@@H]1C(=O)N2C(C(=O)O)=C(CSc3nnc4ccc(OC)nn34)CS[C@@H]12)c1csc(N)n1. The highest BCUT2D eigenvalue weighted by Crippen LogP contribution is 2.41. The number of hydrogen-bond acceptors (Lipinski definition) is 14. The summed E-state index contributed by atoms with van der Waals surface area (Å²) in [4.78, 5) is 48.1. The van der Waals surface area contributed by atoms with Gasteiger partial charge in [-0.25, -0.2) is 9.78 Å². The summed E-state index contributed by atoms with van der Waals surface area (Å²) < 4.78 is 6.64. The van der Waals surface area contributed by atoms with Crippen molar-refractivity contribution in [2.75, 3.05) is 31.5 Å². The van der Waals surface area contributed by atoms with Crippen LogP contribution in [0.4, 0.5) is 5.13 Å². The molecule has 0 radical (unpaired) electrons. The molecule has 1 saturated heterocycles. The van der Waals surface area contributed by atoms with E-state index in [-0.39, 0.29) is 28.0 Å². The van der Waals surface area contributed by atoms with Gasteiger partial charge in [0, 0.05) is 23.0 Å². The van der Waals surface area contributed by atoms with Crippen LogP contribution in [0.5, 0.6) is 5.88 Å². The molecule has 18 heteroatoms. The third kappa shape index (κ3) is 4.61. The first-order valence-corrected chi connectivity index (χ1v) is 13.7. The second-order valence-corrected chi connectivity index (χ2v) is 10.7. The number of fused-ring (bicyclic) bond motifs is 2. The van der Waals surface area contributed by atoms with Gasteiger partial charge in [-0.3, -0.25) is 14.5 Å². The van der Waals surface area contributed by atoms with E-state index in [2.05, 4.69) is 30.8 Å². The van der Waals surface area contributed by atoms with E-state index in [0.29, 0.717) is 28.0 Å². The maximum atomic E-state index is 13.0. The van der Waals surface area contributed by atoms with Gasteiger partial charge in [0.15, 0.2) is 16.5 Å². The zero-order valence-electron chi connectivity index (χ0n) is 19.7. The largest absolute Gasteiger partial charge is 0.480 e. The van der Waals surface area contributed by atoms with Crippen LogP contribution in [0.3, 0.4) is 0 Å².